The summed E-state index contributed by atoms with van der Waals surface area (Å²) < 4.78 is 25.4. The summed E-state index contributed by atoms with van der Waals surface area (Å²) in [6, 6.07) is 9.13. The number of amides is 1. The second-order valence-corrected chi connectivity index (χ2v) is 7.37. The molecular formula is C15H17N3O3S. The van der Waals surface area contributed by atoms with Crippen LogP contribution in [0, 0.1) is 0 Å². The minimum absolute atomic E-state index is 0.194. The van der Waals surface area contributed by atoms with Crippen LogP contribution in [0.2, 0.25) is 0 Å². The Labute approximate surface area is 129 Å². The van der Waals surface area contributed by atoms with E-state index in [0.29, 0.717) is 11.2 Å². The molecule has 22 heavy (non-hydrogen) atoms. The molecule has 0 bridgehead atoms. The maximum Gasteiger partial charge on any atom is 0.240 e. The van der Waals surface area contributed by atoms with Crippen molar-refractivity contribution in [3.63, 3.8) is 0 Å². The van der Waals surface area contributed by atoms with Gasteiger partial charge in [-0.3, -0.25) is 14.1 Å². The van der Waals surface area contributed by atoms with Crippen LogP contribution in [0.3, 0.4) is 0 Å². The van der Waals surface area contributed by atoms with Gasteiger partial charge in [-0.25, -0.2) is 8.42 Å². The second kappa shape index (κ2) is 5.57. The monoisotopic (exact) mass is 319 g/mol. The number of rotatable bonds is 5. The first-order valence-corrected chi connectivity index (χ1v) is 8.91. The fraction of sp³-hybridized carbons (Fsp3) is 0.333. The van der Waals surface area contributed by atoms with Gasteiger partial charge in [0, 0.05) is 17.6 Å². The molecule has 1 heterocycles. The number of pyridine rings is 1. The number of anilines is 1. The Bertz CT molecular complexity index is 810. The lowest BCUT2D eigenvalue weighted by molar-refractivity contribution is -0.119. The average Bonchev–Trinajstić information content (AvgIpc) is 3.27. The molecule has 1 N–H and O–H groups in total. The summed E-state index contributed by atoms with van der Waals surface area (Å²) in [4.78, 5) is 16.3. The van der Waals surface area contributed by atoms with Crippen molar-refractivity contribution in [3.8, 4) is 0 Å². The molecular weight excluding hydrogens is 302 g/mol. The third kappa shape index (κ3) is 3.19. The number of fused-ring (bicyclic) bond motifs is 1. The van der Waals surface area contributed by atoms with Crippen LogP contribution in [-0.2, 0) is 14.8 Å². The molecule has 0 spiro atoms. The van der Waals surface area contributed by atoms with Gasteiger partial charge >= 0.3 is 0 Å². The Morgan fingerprint density at radius 3 is 2.73 bits per heavy atom. The van der Waals surface area contributed by atoms with Crippen molar-refractivity contribution < 1.29 is 13.2 Å². The lowest BCUT2D eigenvalue weighted by Crippen LogP contribution is -2.41. The van der Waals surface area contributed by atoms with Crippen LogP contribution < -0.4 is 9.62 Å². The van der Waals surface area contributed by atoms with Crippen LogP contribution in [0.15, 0.2) is 36.5 Å². The largest absolute Gasteiger partial charge is 0.352 e. The van der Waals surface area contributed by atoms with Crippen molar-refractivity contribution >= 4 is 32.5 Å². The molecule has 0 radical (unpaired) electrons. The molecule has 2 aromatic rings. The van der Waals surface area contributed by atoms with Crippen LogP contribution in [0.4, 0.5) is 5.69 Å². The Kier molecular flexibility index (Phi) is 3.74. The van der Waals surface area contributed by atoms with Gasteiger partial charge in [-0.2, -0.15) is 0 Å². The zero-order valence-electron chi connectivity index (χ0n) is 12.2. The lowest BCUT2D eigenvalue weighted by Gasteiger charge is -2.22. The SMILES string of the molecule is CS(=O)(=O)N(CC(=O)NC1CC1)c1cccc2cccnc12. The van der Waals surface area contributed by atoms with Crippen molar-refractivity contribution in [1.82, 2.24) is 10.3 Å². The highest BCUT2D eigenvalue weighted by Crippen LogP contribution is 2.26. The van der Waals surface area contributed by atoms with Gasteiger partial charge in [0.2, 0.25) is 15.9 Å². The summed E-state index contributed by atoms with van der Waals surface area (Å²) >= 11 is 0. The molecule has 0 atom stereocenters. The van der Waals surface area contributed by atoms with Crippen molar-refractivity contribution in [3.05, 3.63) is 36.5 Å². The lowest BCUT2D eigenvalue weighted by atomic mass is 10.2. The fourth-order valence-corrected chi connectivity index (χ4v) is 3.16. The minimum atomic E-state index is -3.59. The van der Waals surface area contributed by atoms with Crippen LogP contribution >= 0.6 is 0 Å². The van der Waals surface area contributed by atoms with Gasteiger partial charge < -0.3 is 5.32 Å². The molecule has 0 aliphatic heterocycles. The maximum absolute atomic E-state index is 12.1. The van der Waals surface area contributed by atoms with Crippen LogP contribution in [0.5, 0.6) is 0 Å². The van der Waals surface area contributed by atoms with E-state index >= 15 is 0 Å². The maximum atomic E-state index is 12.1. The second-order valence-electron chi connectivity index (χ2n) is 5.46. The fourth-order valence-electron chi connectivity index (χ4n) is 2.30. The van der Waals surface area contributed by atoms with Gasteiger partial charge in [-0.1, -0.05) is 18.2 Å². The average molecular weight is 319 g/mol. The first kappa shape index (κ1) is 14.8. The topological polar surface area (TPSA) is 79.4 Å². The number of para-hydroxylation sites is 1. The quantitative estimate of drug-likeness (QED) is 0.900. The van der Waals surface area contributed by atoms with Crippen molar-refractivity contribution in [2.24, 2.45) is 0 Å². The summed E-state index contributed by atoms with van der Waals surface area (Å²) in [5.74, 6) is -0.291. The van der Waals surface area contributed by atoms with Crippen LogP contribution in [0.1, 0.15) is 12.8 Å². The molecule has 1 aromatic carbocycles. The third-order valence-corrected chi connectivity index (χ3v) is 4.64. The van der Waals surface area contributed by atoms with Crippen LogP contribution in [0.25, 0.3) is 10.9 Å². The van der Waals surface area contributed by atoms with E-state index in [2.05, 4.69) is 10.3 Å². The normalized spacial score (nSPS) is 14.8. The molecule has 7 heteroatoms. The minimum Gasteiger partial charge on any atom is -0.352 e. The number of carbonyl (C=O) groups excluding carboxylic acids is 1. The van der Waals surface area contributed by atoms with Gasteiger partial charge in [0.25, 0.3) is 0 Å². The smallest absolute Gasteiger partial charge is 0.240 e. The number of benzene rings is 1. The Hall–Kier alpha value is -2.15. The van der Waals surface area contributed by atoms with E-state index in [0.717, 1.165) is 28.8 Å². The first-order valence-electron chi connectivity index (χ1n) is 7.06. The van der Waals surface area contributed by atoms with E-state index in [4.69, 9.17) is 0 Å². The molecule has 116 valence electrons. The Balaban J connectivity index is 1.99. The van der Waals surface area contributed by atoms with Crippen molar-refractivity contribution in [2.45, 2.75) is 18.9 Å². The number of aromatic nitrogens is 1. The number of carbonyl (C=O) groups is 1. The summed E-state index contributed by atoms with van der Waals surface area (Å²) in [6.07, 6.45) is 4.62. The number of hydrogen-bond acceptors (Lipinski definition) is 4. The molecule has 1 aliphatic rings. The number of nitrogens with zero attached hydrogens (tertiary/aromatic N) is 2. The van der Waals surface area contributed by atoms with Gasteiger partial charge in [-0.15, -0.1) is 0 Å². The van der Waals surface area contributed by atoms with Gasteiger partial charge in [-0.05, 0) is 25.0 Å². The van der Waals surface area contributed by atoms with E-state index in [-0.39, 0.29) is 18.5 Å². The number of hydrogen-bond donors (Lipinski definition) is 1. The van der Waals surface area contributed by atoms with Gasteiger partial charge in [0.15, 0.2) is 0 Å². The molecule has 1 saturated carbocycles. The predicted octanol–water partition coefficient (Wildman–Crippen LogP) is 1.28. The molecule has 1 amide bonds. The molecule has 6 nitrogen and oxygen atoms in total. The van der Waals surface area contributed by atoms with E-state index < -0.39 is 10.0 Å². The number of sulfonamides is 1. The highest BCUT2D eigenvalue weighted by Gasteiger charge is 2.27. The highest BCUT2D eigenvalue weighted by atomic mass is 32.2. The molecule has 0 unspecified atom stereocenters. The Morgan fingerprint density at radius 2 is 2.05 bits per heavy atom. The van der Waals surface area contributed by atoms with E-state index in [1.165, 1.54) is 0 Å². The highest BCUT2D eigenvalue weighted by molar-refractivity contribution is 7.92. The molecule has 1 aliphatic carbocycles. The predicted molar refractivity (Wildman–Crippen MR) is 85.1 cm³/mol. The molecule has 0 saturated heterocycles. The van der Waals surface area contributed by atoms with E-state index in [1.54, 1.807) is 24.4 Å². The summed E-state index contributed by atoms with van der Waals surface area (Å²) in [7, 11) is -3.59. The van der Waals surface area contributed by atoms with Crippen molar-refractivity contribution in [1.29, 1.82) is 0 Å². The third-order valence-electron chi connectivity index (χ3n) is 3.51. The van der Waals surface area contributed by atoms with E-state index in [1.807, 2.05) is 12.1 Å². The zero-order chi connectivity index (χ0) is 15.7. The van der Waals surface area contributed by atoms with Crippen LogP contribution in [-0.4, -0.2) is 38.2 Å². The Morgan fingerprint density at radius 1 is 1.32 bits per heavy atom. The molecule has 1 fully saturated rings. The molecule has 1 aromatic heterocycles. The number of nitrogens with one attached hydrogen (secondary N) is 1. The molecule has 3 rings (SSSR count). The zero-order valence-corrected chi connectivity index (χ0v) is 13.0. The standard InChI is InChI=1S/C15H17N3O3S/c1-22(20,21)18(10-14(19)17-12-7-8-12)13-6-2-4-11-5-3-9-16-15(11)13/h2-6,9,12H,7-8,10H2,1H3,(H,17,19). The van der Waals surface area contributed by atoms with E-state index in [9.17, 15) is 13.2 Å². The van der Waals surface area contributed by atoms with Gasteiger partial charge in [0.05, 0.1) is 17.5 Å². The summed E-state index contributed by atoms with van der Waals surface area (Å²) in [6.45, 7) is -0.231. The van der Waals surface area contributed by atoms with Crippen molar-refractivity contribution in [2.75, 3.05) is 17.1 Å². The van der Waals surface area contributed by atoms with Gasteiger partial charge in [0.1, 0.15) is 6.54 Å². The summed E-state index contributed by atoms with van der Waals surface area (Å²) in [5.41, 5.74) is 0.987. The first-order chi connectivity index (χ1) is 10.4. The summed E-state index contributed by atoms with van der Waals surface area (Å²) in [5, 5.41) is 3.64.